The molecule has 2 fully saturated rings. The average molecular weight is 333 g/mol. The summed E-state index contributed by atoms with van der Waals surface area (Å²) >= 11 is 0. The van der Waals surface area contributed by atoms with Gasteiger partial charge in [0, 0.05) is 25.2 Å². The molecule has 2 N–H and O–H groups in total. The van der Waals surface area contributed by atoms with E-state index >= 15 is 0 Å². The van der Waals surface area contributed by atoms with Crippen molar-refractivity contribution in [3.05, 3.63) is 11.8 Å². The van der Waals surface area contributed by atoms with Crippen LogP contribution in [-0.2, 0) is 16.1 Å². The van der Waals surface area contributed by atoms with Crippen LogP contribution in [0, 0.1) is 6.92 Å². The van der Waals surface area contributed by atoms with E-state index in [1.54, 1.807) is 11.0 Å². The number of carbonyl (C=O) groups is 2. The summed E-state index contributed by atoms with van der Waals surface area (Å²) in [5.41, 5.74) is 6.03. The number of hydrogen-bond acceptors (Lipinski definition) is 4. The molecule has 2 aliphatic heterocycles. The van der Waals surface area contributed by atoms with Crippen LogP contribution in [0.2, 0.25) is 0 Å². The third-order valence-corrected chi connectivity index (χ3v) is 5.28. The van der Waals surface area contributed by atoms with E-state index in [2.05, 4.69) is 5.10 Å². The SMILES string of the molecule is Cc1cc(N)n(CC(=O)N2CCCC23CCCN(C(C)C)C3=O)n1. The molecular weight excluding hydrogens is 306 g/mol. The zero-order valence-corrected chi connectivity index (χ0v) is 14.8. The van der Waals surface area contributed by atoms with Gasteiger partial charge in [0.1, 0.15) is 17.9 Å². The van der Waals surface area contributed by atoms with Gasteiger partial charge in [0.2, 0.25) is 11.8 Å². The molecule has 0 saturated carbocycles. The number of nitrogens with two attached hydrogens (primary N) is 1. The molecule has 1 aromatic rings. The normalized spacial score (nSPS) is 24.4. The number of aryl methyl sites for hydroxylation is 1. The van der Waals surface area contributed by atoms with Crippen LogP contribution in [0.4, 0.5) is 5.82 Å². The Balaban J connectivity index is 1.83. The maximum absolute atomic E-state index is 13.1. The number of aromatic nitrogens is 2. The van der Waals surface area contributed by atoms with E-state index < -0.39 is 5.54 Å². The summed E-state index contributed by atoms with van der Waals surface area (Å²) in [6, 6.07) is 1.91. The van der Waals surface area contributed by atoms with Crippen molar-refractivity contribution in [1.82, 2.24) is 19.6 Å². The number of amides is 2. The number of piperidine rings is 1. The molecule has 0 aromatic carbocycles. The van der Waals surface area contributed by atoms with Crippen LogP contribution in [-0.4, -0.2) is 56.1 Å². The van der Waals surface area contributed by atoms with Crippen molar-refractivity contribution >= 4 is 17.6 Å². The van der Waals surface area contributed by atoms with Crippen molar-refractivity contribution in [2.45, 2.75) is 64.6 Å². The van der Waals surface area contributed by atoms with Gasteiger partial charge < -0.3 is 15.5 Å². The molecule has 1 aromatic heterocycles. The molecule has 132 valence electrons. The van der Waals surface area contributed by atoms with E-state index in [1.165, 1.54) is 4.68 Å². The van der Waals surface area contributed by atoms with E-state index in [0.717, 1.165) is 37.9 Å². The van der Waals surface area contributed by atoms with Crippen molar-refractivity contribution in [3.63, 3.8) is 0 Å². The van der Waals surface area contributed by atoms with Crippen LogP contribution >= 0.6 is 0 Å². The van der Waals surface area contributed by atoms with E-state index in [4.69, 9.17) is 5.73 Å². The van der Waals surface area contributed by atoms with Crippen LogP contribution in [0.15, 0.2) is 6.07 Å². The molecule has 0 bridgehead atoms. The standard InChI is InChI=1S/C17H27N5O2/c1-12(2)20-8-4-6-17(16(20)24)7-5-9-21(17)15(23)11-22-14(18)10-13(3)19-22/h10,12H,4-9,11,18H2,1-3H3. The molecule has 0 radical (unpaired) electrons. The molecule has 1 spiro atoms. The second kappa shape index (κ2) is 6.11. The number of carbonyl (C=O) groups excluding carboxylic acids is 2. The highest BCUT2D eigenvalue weighted by Crippen LogP contribution is 2.39. The molecule has 2 amide bonds. The van der Waals surface area contributed by atoms with Gasteiger partial charge in [-0.05, 0) is 46.5 Å². The lowest BCUT2D eigenvalue weighted by atomic mass is 9.84. The number of anilines is 1. The Labute approximate surface area is 142 Å². The van der Waals surface area contributed by atoms with Crippen molar-refractivity contribution in [2.24, 2.45) is 0 Å². The van der Waals surface area contributed by atoms with Gasteiger partial charge in [-0.1, -0.05) is 0 Å². The van der Waals surface area contributed by atoms with Gasteiger partial charge in [-0.25, -0.2) is 4.68 Å². The molecular formula is C17H27N5O2. The van der Waals surface area contributed by atoms with Crippen LogP contribution < -0.4 is 5.73 Å². The monoisotopic (exact) mass is 333 g/mol. The minimum atomic E-state index is -0.656. The van der Waals surface area contributed by atoms with Gasteiger partial charge in [0.05, 0.1) is 5.69 Å². The predicted molar refractivity (Wildman–Crippen MR) is 91.1 cm³/mol. The summed E-state index contributed by atoms with van der Waals surface area (Å²) in [6.07, 6.45) is 3.33. The fourth-order valence-corrected chi connectivity index (χ4v) is 4.14. The Kier molecular flexibility index (Phi) is 4.27. The maximum atomic E-state index is 13.1. The number of nitrogen functional groups attached to an aromatic ring is 1. The Bertz CT molecular complexity index is 653. The van der Waals surface area contributed by atoms with Crippen molar-refractivity contribution < 1.29 is 9.59 Å². The Morgan fingerprint density at radius 1 is 1.33 bits per heavy atom. The fourth-order valence-electron chi connectivity index (χ4n) is 4.14. The first-order chi connectivity index (χ1) is 11.3. The lowest BCUT2D eigenvalue weighted by Gasteiger charge is -2.46. The summed E-state index contributed by atoms with van der Waals surface area (Å²) in [6.45, 7) is 7.43. The summed E-state index contributed by atoms with van der Waals surface area (Å²) < 4.78 is 1.53. The number of hydrogen-bond donors (Lipinski definition) is 1. The molecule has 1 atom stereocenters. The smallest absolute Gasteiger partial charge is 0.248 e. The van der Waals surface area contributed by atoms with Gasteiger partial charge in [0.25, 0.3) is 0 Å². The fraction of sp³-hybridized carbons (Fsp3) is 0.706. The van der Waals surface area contributed by atoms with Crippen LogP contribution in [0.3, 0.4) is 0 Å². The molecule has 24 heavy (non-hydrogen) atoms. The highest BCUT2D eigenvalue weighted by Gasteiger charge is 2.52. The Morgan fingerprint density at radius 3 is 2.58 bits per heavy atom. The molecule has 0 aliphatic carbocycles. The van der Waals surface area contributed by atoms with E-state index in [1.807, 2.05) is 25.7 Å². The molecule has 2 saturated heterocycles. The minimum absolute atomic E-state index is 0.0683. The first kappa shape index (κ1) is 16.8. The number of nitrogens with zero attached hydrogens (tertiary/aromatic N) is 4. The van der Waals surface area contributed by atoms with Gasteiger partial charge >= 0.3 is 0 Å². The van der Waals surface area contributed by atoms with Crippen molar-refractivity contribution in [1.29, 1.82) is 0 Å². The van der Waals surface area contributed by atoms with Gasteiger partial charge in [-0.2, -0.15) is 5.10 Å². The molecule has 2 aliphatic rings. The first-order valence-electron chi connectivity index (χ1n) is 8.76. The highest BCUT2D eigenvalue weighted by atomic mass is 16.2. The van der Waals surface area contributed by atoms with Crippen molar-refractivity contribution in [2.75, 3.05) is 18.8 Å². The van der Waals surface area contributed by atoms with E-state index in [9.17, 15) is 9.59 Å². The first-order valence-corrected chi connectivity index (χ1v) is 8.76. The third kappa shape index (κ3) is 2.65. The maximum Gasteiger partial charge on any atom is 0.248 e. The molecule has 3 rings (SSSR count). The Morgan fingerprint density at radius 2 is 2.00 bits per heavy atom. The Hall–Kier alpha value is -2.05. The van der Waals surface area contributed by atoms with Crippen LogP contribution in [0.25, 0.3) is 0 Å². The minimum Gasteiger partial charge on any atom is -0.384 e. The van der Waals surface area contributed by atoms with E-state index in [0.29, 0.717) is 12.4 Å². The number of likely N-dealkylation sites (tertiary alicyclic amines) is 2. The average Bonchev–Trinajstić information content (AvgIpc) is 3.06. The van der Waals surface area contributed by atoms with Crippen molar-refractivity contribution in [3.8, 4) is 0 Å². The van der Waals surface area contributed by atoms with Gasteiger partial charge in [-0.15, -0.1) is 0 Å². The highest BCUT2D eigenvalue weighted by molar-refractivity contribution is 5.93. The molecule has 7 heteroatoms. The van der Waals surface area contributed by atoms with Gasteiger partial charge in [0.15, 0.2) is 0 Å². The lowest BCUT2D eigenvalue weighted by molar-refractivity contribution is -0.157. The zero-order chi connectivity index (χ0) is 17.5. The largest absolute Gasteiger partial charge is 0.384 e. The molecule has 3 heterocycles. The zero-order valence-electron chi connectivity index (χ0n) is 14.8. The van der Waals surface area contributed by atoms with Gasteiger partial charge in [-0.3, -0.25) is 9.59 Å². The predicted octanol–water partition coefficient (Wildman–Crippen LogP) is 1.17. The summed E-state index contributed by atoms with van der Waals surface area (Å²) in [5.74, 6) is 0.522. The summed E-state index contributed by atoms with van der Waals surface area (Å²) in [5, 5.41) is 4.27. The third-order valence-electron chi connectivity index (χ3n) is 5.28. The number of rotatable bonds is 3. The molecule has 7 nitrogen and oxygen atoms in total. The molecule has 1 unspecified atom stereocenters. The van der Waals surface area contributed by atoms with E-state index in [-0.39, 0.29) is 24.4 Å². The topological polar surface area (TPSA) is 84.5 Å². The summed E-state index contributed by atoms with van der Waals surface area (Å²) in [4.78, 5) is 29.7. The second-order valence-electron chi connectivity index (χ2n) is 7.24. The quantitative estimate of drug-likeness (QED) is 0.900. The second-order valence-corrected chi connectivity index (χ2v) is 7.24. The lowest BCUT2D eigenvalue weighted by Crippen LogP contribution is -2.62. The van der Waals surface area contributed by atoms with Crippen LogP contribution in [0.5, 0.6) is 0 Å². The van der Waals surface area contributed by atoms with Crippen LogP contribution in [0.1, 0.15) is 45.2 Å². The summed E-state index contributed by atoms with van der Waals surface area (Å²) in [7, 11) is 0.